The van der Waals surface area contributed by atoms with Crippen LogP contribution in [0.1, 0.15) is 33.5 Å². The van der Waals surface area contributed by atoms with Crippen LogP contribution in [0, 0.1) is 6.92 Å². The second-order valence-electron chi connectivity index (χ2n) is 7.74. The lowest BCUT2D eigenvalue weighted by atomic mass is 10.1. The molecule has 1 saturated heterocycles. The molecular weight excluding hydrogens is 428 g/mol. The third-order valence-corrected chi connectivity index (χ3v) is 5.92. The molecule has 0 spiro atoms. The lowest BCUT2D eigenvalue weighted by Gasteiger charge is -2.36. The van der Waals surface area contributed by atoms with Crippen LogP contribution in [0.15, 0.2) is 59.4 Å². The van der Waals surface area contributed by atoms with E-state index in [1.165, 1.54) is 17.7 Å². The topological polar surface area (TPSA) is 75.5 Å². The minimum atomic E-state index is -0.405. The second-order valence-corrected chi connectivity index (χ2v) is 8.15. The number of carbonyl (C=O) groups is 2. The quantitative estimate of drug-likeness (QED) is 0.570. The first-order valence-corrected chi connectivity index (χ1v) is 10.7. The molecule has 0 aliphatic carbocycles. The van der Waals surface area contributed by atoms with Crippen molar-refractivity contribution < 1.29 is 9.59 Å². The minimum absolute atomic E-state index is 0.0278. The molecule has 1 aromatic heterocycles. The number of anilines is 1. The number of piperazine rings is 1. The Morgan fingerprint density at radius 3 is 2.25 bits per heavy atom. The standard InChI is InChI=1S/C24H23ClN4O3/c1-16-15-22(31)23(26-29(16)21-6-4-3-5-20(21)25)24(32)28-13-11-27(12-14-28)19-9-7-18(8-10-19)17(2)30/h3-10,15H,11-14H2,1-2H3. The first-order chi connectivity index (χ1) is 15.3. The zero-order chi connectivity index (χ0) is 22.8. The Bertz CT molecular complexity index is 1230. The number of aromatic nitrogens is 2. The molecule has 1 fully saturated rings. The summed E-state index contributed by atoms with van der Waals surface area (Å²) in [5, 5.41) is 4.85. The van der Waals surface area contributed by atoms with E-state index in [1.807, 2.05) is 36.4 Å². The van der Waals surface area contributed by atoms with Crippen molar-refractivity contribution in [2.75, 3.05) is 31.1 Å². The SMILES string of the molecule is CC(=O)c1ccc(N2CCN(C(=O)c3nn(-c4ccccc4Cl)c(C)cc3=O)CC2)cc1. The van der Waals surface area contributed by atoms with E-state index in [9.17, 15) is 14.4 Å². The van der Waals surface area contributed by atoms with Crippen molar-refractivity contribution in [2.24, 2.45) is 0 Å². The maximum Gasteiger partial charge on any atom is 0.278 e. The van der Waals surface area contributed by atoms with E-state index in [0.29, 0.717) is 48.1 Å². The van der Waals surface area contributed by atoms with Crippen LogP contribution in [-0.4, -0.2) is 52.5 Å². The molecular formula is C24H23ClN4O3. The van der Waals surface area contributed by atoms with Gasteiger partial charge in [-0.3, -0.25) is 14.4 Å². The predicted molar refractivity (Wildman–Crippen MR) is 124 cm³/mol. The Balaban J connectivity index is 1.52. The van der Waals surface area contributed by atoms with Crippen molar-refractivity contribution in [1.29, 1.82) is 0 Å². The molecule has 0 atom stereocenters. The summed E-state index contributed by atoms with van der Waals surface area (Å²) in [6.45, 7) is 5.47. The van der Waals surface area contributed by atoms with E-state index in [4.69, 9.17) is 11.6 Å². The molecule has 7 nitrogen and oxygen atoms in total. The Morgan fingerprint density at radius 1 is 0.969 bits per heavy atom. The minimum Gasteiger partial charge on any atom is -0.368 e. The number of benzene rings is 2. The summed E-state index contributed by atoms with van der Waals surface area (Å²) in [5.74, 6) is -0.359. The van der Waals surface area contributed by atoms with Crippen molar-refractivity contribution in [3.05, 3.63) is 86.8 Å². The summed E-state index contributed by atoms with van der Waals surface area (Å²) in [4.78, 5) is 41.0. The van der Waals surface area contributed by atoms with Gasteiger partial charge in [0.25, 0.3) is 5.91 Å². The predicted octanol–water partition coefficient (Wildman–Crippen LogP) is 3.36. The molecule has 0 bridgehead atoms. The van der Waals surface area contributed by atoms with Crippen molar-refractivity contribution in [3.8, 4) is 5.69 Å². The first-order valence-electron chi connectivity index (χ1n) is 10.4. The summed E-state index contributed by atoms with van der Waals surface area (Å²) in [6, 6.07) is 16.0. The van der Waals surface area contributed by atoms with E-state index in [1.54, 1.807) is 24.0 Å². The number of hydrogen-bond donors (Lipinski definition) is 0. The maximum atomic E-state index is 13.1. The molecule has 1 aliphatic heterocycles. The van der Waals surface area contributed by atoms with Crippen LogP contribution in [0.5, 0.6) is 0 Å². The number of ketones is 1. The molecule has 0 radical (unpaired) electrons. The fourth-order valence-corrected chi connectivity index (χ4v) is 4.00. The van der Waals surface area contributed by atoms with Crippen LogP contribution in [0.3, 0.4) is 0 Å². The maximum absolute atomic E-state index is 13.1. The van der Waals surface area contributed by atoms with Gasteiger partial charge in [-0.1, -0.05) is 23.7 Å². The molecule has 0 saturated carbocycles. The highest BCUT2D eigenvalue weighted by Crippen LogP contribution is 2.21. The molecule has 8 heteroatoms. The van der Waals surface area contributed by atoms with Crippen LogP contribution in [0.4, 0.5) is 5.69 Å². The van der Waals surface area contributed by atoms with Crippen LogP contribution in [0.25, 0.3) is 5.69 Å². The van der Waals surface area contributed by atoms with Crippen LogP contribution in [-0.2, 0) is 0 Å². The molecule has 1 amide bonds. The number of Topliss-reactive ketones (excluding diaryl/α,β-unsaturated/α-hetero) is 1. The van der Waals surface area contributed by atoms with Crippen molar-refractivity contribution in [1.82, 2.24) is 14.7 Å². The lowest BCUT2D eigenvalue weighted by Crippen LogP contribution is -2.50. The van der Waals surface area contributed by atoms with Crippen LogP contribution < -0.4 is 10.3 Å². The Kier molecular flexibility index (Phi) is 6.10. The van der Waals surface area contributed by atoms with Gasteiger partial charge in [-0.05, 0) is 50.2 Å². The zero-order valence-electron chi connectivity index (χ0n) is 17.9. The molecule has 1 aliphatic rings. The largest absolute Gasteiger partial charge is 0.368 e. The molecule has 0 unspecified atom stereocenters. The van der Waals surface area contributed by atoms with E-state index in [0.717, 1.165) is 5.69 Å². The van der Waals surface area contributed by atoms with Gasteiger partial charge in [0.1, 0.15) is 0 Å². The van der Waals surface area contributed by atoms with E-state index >= 15 is 0 Å². The number of rotatable bonds is 4. The Morgan fingerprint density at radius 2 is 1.62 bits per heavy atom. The van der Waals surface area contributed by atoms with Gasteiger partial charge < -0.3 is 9.80 Å². The average molecular weight is 451 g/mol. The van der Waals surface area contributed by atoms with Gasteiger partial charge in [0.15, 0.2) is 11.5 Å². The molecule has 2 heterocycles. The third kappa shape index (κ3) is 4.29. The van der Waals surface area contributed by atoms with Gasteiger partial charge in [-0.25, -0.2) is 4.68 Å². The average Bonchev–Trinajstić information content (AvgIpc) is 2.80. The second kappa shape index (κ2) is 8.96. The van der Waals surface area contributed by atoms with Crippen molar-refractivity contribution in [2.45, 2.75) is 13.8 Å². The van der Waals surface area contributed by atoms with Gasteiger partial charge in [0, 0.05) is 49.2 Å². The number of aryl methyl sites for hydroxylation is 1. The Labute approximate surface area is 190 Å². The first kappa shape index (κ1) is 21.8. The summed E-state index contributed by atoms with van der Waals surface area (Å²) < 4.78 is 1.53. The smallest absolute Gasteiger partial charge is 0.278 e. The van der Waals surface area contributed by atoms with Crippen molar-refractivity contribution >= 4 is 29.0 Å². The summed E-state index contributed by atoms with van der Waals surface area (Å²) in [7, 11) is 0. The summed E-state index contributed by atoms with van der Waals surface area (Å²) in [5.41, 5.74) is 2.35. The Hall–Kier alpha value is -3.45. The van der Waals surface area contributed by atoms with Gasteiger partial charge in [-0.15, -0.1) is 0 Å². The number of nitrogens with zero attached hydrogens (tertiary/aromatic N) is 4. The number of para-hydroxylation sites is 1. The van der Waals surface area contributed by atoms with Gasteiger partial charge in [0.05, 0.1) is 10.7 Å². The van der Waals surface area contributed by atoms with Crippen LogP contribution in [0.2, 0.25) is 5.02 Å². The molecule has 4 rings (SSSR count). The van der Waals surface area contributed by atoms with Crippen molar-refractivity contribution in [3.63, 3.8) is 0 Å². The van der Waals surface area contributed by atoms with Gasteiger partial charge in [0.2, 0.25) is 5.43 Å². The normalized spacial score (nSPS) is 13.8. The van der Waals surface area contributed by atoms with E-state index in [-0.39, 0.29) is 17.4 Å². The molecule has 3 aromatic rings. The highest BCUT2D eigenvalue weighted by molar-refractivity contribution is 6.32. The summed E-state index contributed by atoms with van der Waals surface area (Å²) >= 11 is 6.29. The molecule has 32 heavy (non-hydrogen) atoms. The van der Waals surface area contributed by atoms with Crippen LogP contribution >= 0.6 is 11.6 Å². The number of halogens is 1. The molecule has 0 N–H and O–H groups in total. The van der Waals surface area contributed by atoms with E-state index in [2.05, 4.69) is 10.00 Å². The van der Waals surface area contributed by atoms with Gasteiger partial charge in [-0.2, -0.15) is 5.10 Å². The molecule has 164 valence electrons. The summed E-state index contributed by atoms with van der Waals surface area (Å²) in [6.07, 6.45) is 0. The third-order valence-electron chi connectivity index (χ3n) is 5.60. The fraction of sp³-hybridized carbons (Fsp3) is 0.250. The monoisotopic (exact) mass is 450 g/mol. The number of amides is 1. The molecule has 2 aromatic carbocycles. The van der Waals surface area contributed by atoms with E-state index < -0.39 is 5.43 Å². The number of hydrogen-bond acceptors (Lipinski definition) is 5. The lowest BCUT2D eigenvalue weighted by molar-refractivity contribution is 0.0737. The number of carbonyl (C=O) groups excluding carboxylic acids is 2. The fourth-order valence-electron chi connectivity index (χ4n) is 3.79. The van der Waals surface area contributed by atoms with Gasteiger partial charge >= 0.3 is 0 Å². The highest BCUT2D eigenvalue weighted by Gasteiger charge is 2.26. The zero-order valence-corrected chi connectivity index (χ0v) is 18.7. The highest BCUT2D eigenvalue weighted by atomic mass is 35.5.